The van der Waals surface area contributed by atoms with E-state index in [-0.39, 0.29) is 78.7 Å². The van der Waals surface area contributed by atoms with Crippen LogP contribution in [0.5, 0.6) is 0 Å². The van der Waals surface area contributed by atoms with Crippen LogP contribution in [0.1, 0.15) is 62.9 Å². The number of methoxy groups -OCH3 is 2. The Morgan fingerprint density at radius 1 is 1.06 bits per heavy atom. The maximum absolute atomic E-state index is 14.2. The second-order valence-electron chi connectivity index (χ2n) is 17.4. The average molecular weight is 945 g/mol. The van der Waals surface area contributed by atoms with Gasteiger partial charge in [0.2, 0.25) is 0 Å². The van der Waals surface area contributed by atoms with Crippen molar-refractivity contribution in [2.24, 2.45) is 5.41 Å². The van der Waals surface area contributed by atoms with Crippen LogP contribution in [0.3, 0.4) is 0 Å². The van der Waals surface area contributed by atoms with Crippen LogP contribution in [0.4, 0.5) is 5.69 Å². The van der Waals surface area contributed by atoms with E-state index in [0.717, 1.165) is 76.5 Å². The Balaban J connectivity index is 0.00000249. The minimum atomic E-state index is -1.17. The molecule has 4 aromatic rings. The zero-order valence-electron chi connectivity index (χ0n) is 37.3. The van der Waals surface area contributed by atoms with Crippen LogP contribution in [-0.2, 0) is 52.7 Å². The third-order valence-corrected chi connectivity index (χ3v) is 13.4. The number of carbonyl (C=O) groups excluding carboxylic acids is 3. The fraction of sp³-hybridized carbons (Fsp3) is 0.568. The van der Waals surface area contributed by atoms with E-state index in [4.69, 9.17) is 28.9 Å². The molecule has 19 heteroatoms. The molecular weight excluding hydrogens is 881 g/mol. The number of ether oxygens (including phenoxy) is 4. The maximum Gasteiger partial charge on any atom is 0.324 e. The number of likely N-dealkylation sites (N-methyl/N-ethyl adjacent to an activating group) is 1. The standard InChI is InChI=1S/C44H58N8O7S.3H2S/c1-8-51-36-12-11-28-18-30(36)32(39(51)31-19-29(22-45-38(31)27(2)56-6)50-16-14-49(5)15-17-50)21-43(3,4)24-59-41(54)33-10-9-13-52(48-33)40(53)34(20-37-46-35(28)23-60-37)47-42(55)44(57-7)25-58-26-44;;;/h11-12,18-19,22-23,27,33-34,48H,8-10,13-17,20-21,24-26H2,1-7H3,(H,47,55);3*1H2/t27-,33-,34-;;;/m0.../s1. The van der Waals surface area contributed by atoms with Crippen molar-refractivity contribution in [3.8, 4) is 22.5 Å². The first kappa shape index (κ1) is 50.6. The normalized spacial score (nSPS) is 21.8. The molecule has 3 aromatic heterocycles. The number of hydrogen-bond acceptors (Lipinski definition) is 13. The number of nitrogens with zero attached hydrogens (tertiary/aromatic N) is 6. The Morgan fingerprint density at radius 2 is 1.81 bits per heavy atom. The molecule has 0 unspecified atom stereocenters. The Labute approximate surface area is 395 Å². The second kappa shape index (κ2) is 20.8. The van der Waals surface area contributed by atoms with Gasteiger partial charge in [-0.2, -0.15) is 40.5 Å². The lowest BCUT2D eigenvalue weighted by Crippen LogP contribution is -2.66. The highest BCUT2D eigenvalue weighted by Crippen LogP contribution is 2.43. The van der Waals surface area contributed by atoms with Crippen molar-refractivity contribution in [2.45, 2.75) is 83.7 Å². The molecule has 0 saturated carbocycles. The van der Waals surface area contributed by atoms with Crippen LogP contribution >= 0.6 is 51.8 Å². The molecule has 0 spiro atoms. The summed E-state index contributed by atoms with van der Waals surface area (Å²) in [6.07, 6.45) is 3.56. The third kappa shape index (κ3) is 10.2. The molecule has 3 fully saturated rings. The van der Waals surface area contributed by atoms with Crippen LogP contribution in [-0.4, -0.2) is 134 Å². The van der Waals surface area contributed by atoms with Gasteiger partial charge in [-0.15, -0.1) is 11.3 Å². The van der Waals surface area contributed by atoms with E-state index in [9.17, 15) is 14.4 Å². The fourth-order valence-electron chi connectivity index (χ4n) is 8.76. The van der Waals surface area contributed by atoms with Crippen molar-refractivity contribution < 1.29 is 33.3 Å². The van der Waals surface area contributed by atoms with Gasteiger partial charge in [-0.05, 0) is 63.9 Å². The van der Waals surface area contributed by atoms with Gasteiger partial charge in [0.1, 0.15) is 12.1 Å². The number of piperazine rings is 1. The number of hydrogen-bond donors (Lipinski definition) is 2. The predicted octanol–water partition coefficient (Wildman–Crippen LogP) is 4.71. The Morgan fingerprint density at radius 3 is 2.48 bits per heavy atom. The zero-order valence-corrected chi connectivity index (χ0v) is 41.2. The van der Waals surface area contributed by atoms with Gasteiger partial charge in [-0.3, -0.25) is 24.4 Å². The number of nitrogens with one attached hydrogen (secondary N) is 2. The van der Waals surface area contributed by atoms with Gasteiger partial charge in [0, 0.05) is 92.7 Å². The molecule has 7 heterocycles. The minimum absolute atomic E-state index is 0. The molecule has 3 atom stereocenters. The van der Waals surface area contributed by atoms with Crippen LogP contribution in [0.2, 0.25) is 0 Å². The van der Waals surface area contributed by atoms with E-state index in [1.807, 2.05) is 18.5 Å². The number of pyridine rings is 1. The number of benzene rings is 1. The lowest BCUT2D eigenvalue weighted by atomic mass is 9.84. The molecule has 3 saturated heterocycles. The second-order valence-corrected chi connectivity index (χ2v) is 18.4. The molecule has 2 amide bonds. The molecule has 346 valence electrons. The summed E-state index contributed by atoms with van der Waals surface area (Å²) in [5.41, 5.74) is 9.45. The van der Waals surface area contributed by atoms with E-state index in [1.54, 1.807) is 7.11 Å². The first-order valence-electron chi connectivity index (χ1n) is 21.1. The molecular formula is C44H64N8O7S4. The monoisotopic (exact) mass is 944 g/mol. The number of rotatable bonds is 8. The third-order valence-electron chi connectivity index (χ3n) is 12.6. The van der Waals surface area contributed by atoms with Gasteiger partial charge >= 0.3 is 5.97 Å². The van der Waals surface area contributed by atoms with E-state index in [1.165, 1.54) is 23.5 Å². The molecule has 0 aliphatic carbocycles. The number of anilines is 1. The Hall–Kier alpha value is -3.40. The van der Waals surface area contributed by atoms with E-state index in [0.29, 0.717) is 37.4 Å². The van der Waals surface area contributed by atoms with Crippen LogP contribution in [0.15, 0.2) is 35.8 Å². The first-order valence-corrected chi connectivity index (χ1v) is 22.0. The van der Waals surface area contributed by atoms with Gasteiger partial charge < -0.3 is 38.6 Å². The molecule has 15 nitrogen and oxygen atoms in total. The largest absolute Gasteiger partial charge is 0.464 e. The minimum Gasteiger partial charge on any atom is -0.464 e. The number of amides is 2. The van der Waals surface area contributed by atoms with Gasteiger partial charge in [0.25, 0.3) is 11.8 Å². The Kier molecular flexibility index (Phi) is 16.7. The first-order chi connectivity index (χ1) is 28.8. The quantitative estimate of drug-likeness (QED) is 0.236. The number of thiazole rings is 1. The highest BCUT2D eigenvalue weighted by molar-refractivity contribution is 7.59. The topological polar surface area (TPSA) is 153 Å². The molecule has 8 rings (SSSR count). The van der Waals surface area contributed by atoms with Gasteiger partial charge in [0.15, 0.2) is 5.60 Å². The molecule has 0 radical (unpaired) electrons. The zero-order chi connectivity index (χ0) is 42.3. The number of fused-ring (bicyclic) bond motifs is 6. The predicted molar refractivity (Wildman–Crippen MR) is 261 cm³/mol. The number of hydrazine groups is 1. The van der Waals surface area contributed by atoms with Crippen LogP contribution in [0.25, 0.3) is 33.4 Å². The SMILES string of the molecule is CCn1c(-c2cc(N3CCN(C)CC3)cnc2[C@H](C)OC)c2c3cc(ccc31)-c1csc(n1)C[C@H](NC(=O)C1(OC)COC1)C(=O)N1CCC[C@H](N1)C(=O)OCC(C)(C)C2.S.S.S. The molecule has 4 aliphatic heterocycles. The van der Waals surface area contributed by atoms with E-state index in [2.05, 4.69) is 77.2 Å². The summed E-state index contributed by atoms with van der Waals surface area (Å²) in [7, 11) is 5.34. The van der Waals surface area contributed by atoms with Crippen molar-refractivity contribution in [3.63, 3.8) is 0 Å². The maximum atomic E-state index is 14.2. The lowest BCUT2D eigenvalue weighted by Gasteiger charge is -2.40. The average Bonchev–Trinajstić information content (AvgIpc) is 3.83. The summed E-state index contributed by atoms with van der Waals surface area (Å²) in [4.78, 5) is 56.6. The van der Waals surface area contributed by atoms with E-state index >= 15 is 0 Å². The van der Waals surface area contributed by atoms with Crippen molar-refractivity contribution in [3.05, 3.63) is 52.1 Å². The summed E-state index contributed by atoms with van der Waals surface area (Å²) in [5.74, 6) is -1.21. The molecule has 6 bridgehead atoms. The number of carbonyl (C=O) groups is 3. The van der Waals surface area contributed by atoms with Crippen molar-refractivity contribution in [2.75, 3.05) is 78.7 Å². The summed E-state index contributed by atoms with van der Waals surface area (Å²) in [5, 5.41) is 8.18. The molecule has 63 heavy (non-hydrogen) atoms. The van der Waals surface area contributed by atoms with Gasteiger partial charge in [0.05, 0.1) is 59.9 Å². The van der Waals surface area contributed by atoms with Crippen LogP contribution in [0, 0.1) is 5.41 Å². The highest BCUT2D eigenvalue weighted by atomic mass is 32.1. The molecule has 4 aliphatic rings. The number of esters is 1. The molecule has 1 aromatic carbocycles. The highest BCUT2D eigenvalue weighted by Gasteiger charge is 2.48. The summed E-state index contributed by atoms with van der Waals surface area (Å²) in [6.45, 7) is 13.7. The van der Waals surface area contributed by atoms with Crippen molar-refractivity contribution in [1.29, 1.82) is 0 Å². The van der Waals surface area contributed by atoms with Crippen LogP contribution < -0.4 is 15.6 Å². The van der Waals surface area contributed by atoms with Crippen molar-refractivity contribution >= 4 is 86.2 Å². The summed E-state index contributed by atoms with van der Waals surface area (Å²) >= 11 is 1.45. The number of aryl methyl sites for hydroxylation is 1. The summed E-state index contributed by atoms with van der Waals surface area (Å²) in [6, 6.07) is 7.07. The van der Waals surface area contributed by atoms with E-state index < -0.39 is 35.0 Å². The van der Waals surface area contributed by atoms with Gasteiger partial charge in [-0.1, -0.05) is 19.9 Å². The number of aromatic nitrogens is 3. The number of cyclic esters (lactones) is 1. The van der Waals surface area contributed by atoms with Crippen molar-refractivity contribution in [1.82, 2.24) is 35.2 Å². The smallest absolute Gasteiger partial charge is 0.324 e. The van der Waals surface area contributed by atoms with Gasteiger partial charge in [-0.25, -0.2) is 10.4 Å². The fourth-order valence-corrected chi connectivity index (χ4v) is 9.61. The Bertz CT molecular complexity index is 2250. The summed E-state index contributed by atoms with van der Waals surface area (Å²) < 4.78 is 25.4. The molecule has 2 N–H and O–H groups in total. The lowest BCUT2D eigenvalue weighted by molar-refractivity contribution is -0.202.